The topological polar surface area (TPSA) is 40.5 Å². The number of aliphatic hydroxyl groups is 1. The molecule has 0 aromatic heterocycles. The highest BCUT2D eigenvalue weighted by Gasteiger charge is 2.62. The van der Waals surface area contributed by atoms with Crippen LogP contribution in [0.4, 0.5) is 5.69 Å². The van der Waals surface area contributed by atoms with Gasteiger partial charge in [-0.05, 0) is 104 Å². The van der Waals surface area contributed by atoms with Crippen LogP contribution in [0.3, 0.4) is 0 Å². The molecule has 3 heteroatoms. The van der Waals surface area contributed by atoms with E-state index in [0.29, 0.717) is 29.5 Å². The summed E-state index contributed by atoms with van der Waals surface area (Å²) in [5.41, 5.74) is 4.45. The first-order valence-corrected chi connectivity index (χ1v) is 12.8. The van der Waals surface area contributed by atoms with Crippen LogP contribution in [0.2, 0.25) is 0 Å². The van der Waals surface area contributed by atoms with Crippen molar-refractivity contribution in [3.8, 4) is 0 Å². The van der Waals surface area contributed by atoms with Crippen LogP contribution >= 0.6 is 0 Å². The van der Waals surface area contributed by atoms with Gasteiger partial charge in [0.2, 0.25) is 0 Å². The van der Waals surface area contributed by atoms with Crippen molar-refractivity contribution in [1.82, 2.24) is 0 Å². The average Bonchev–Trinajstić information content (AvgIpc) is 3.07. The number of fused-ring (bicyclic) bond motifs is 5. The van der Waals surface area contributed by atoms with Crippen molar-refractivity contribution in [2.45, 2.75) is 77.7 Å². The number of allylic oxidation sites excluding steroid dienone is 1. The van der Waals surface area contributed by atoms with E-state index in [4.69, 9.17) is 0 Å². The number of benzene rings is 1. The second-order valence-electron chi connectivity index (χ2n) is 12.1. The molecule has 1 N–H and O–H groups in total. The van der Waals surface area contributed by atoms with Gasteiger partial charge in [-0.15, -0.1) is 0 Å². The van der Waals surface area contributed by atoms with Gasteiger partial charge < -0.3 is 10.0 Å². The predicted molar refractivity (Wildman–Crippen MR) is 131 cm³/mol. The Balaban J connectivity index is 1.49. The van der Waals surface area contributed by atoms with Crippen molar-refractivity contribution >= 4 is 11.5 Å². The lowest BCUT2D eigenvalue weighted by Crippen LogP contribution is -2.51. The Kier molecular flexibility index (Phi) is 5.36. The number of ketones is 1. The third-order valence-electron chi connectivity index (χ3n) is 10.4. The van der Waals surface area contributed by atoms with Crippen LogP contribution in [-0.4, -0.2) is 31.1 Å². The minimum atomic E-state index is -0.150. The van der Waals surface area contributed by atoms with Crippen LogP contribution in [0.25, 0.3) is 0 Å². The third-order valence-corrected chi connectivity index (χ3v) is 10.4. The number of nitrogens with zero attached hydrogens (tertiary/aromatic N) is 1. The van der Waals surface area contributed by atoms with Crippen molar-refractivity contribution < 1.29 is 9.90 Å². The molecule has 0 unspecified atom stereocenters. The molecule has 32 heavy (non-hydrogen) atoms. The zero-order valence-electron chi connectivity index (χ0n) is 20.6. The van der Waals surface area contributed by atoms with E-state index in [-0.39, 0.29) is 22.9 Å². The van der Waals surface area contributed by atoms with E-state index in [1.807, 2.05) is 6.92 Å². The van der Waals surface area contributed by atoms with Crippen LogP contribution < -0.4 is 4.90 Å². The minimum absolute atomic E-state index is 0.105. The zero-order chi connectivity index (χ0) is 22.8. The highest BCUT2D eigenvalue weighted by atomic mass is 16.3. The summed E-state index contributed by atoms with van der Waals surface area (Å²) in [6, 6.07) is 8.97. The summed E-state index contributed by atoms with van der Waals surface area (Å²) in [6.07, 6.45) is 9.97. The van der Waals surface area contributed by atoms with Crippen molar-refractivity contribution in [2.75, 3.05) is 19.0 Å². The summed E-state index contributed by atoms with van der Waals surface area (Å²) in [4.78, 5) is 15.2. The van der Waals surface area contributed by atoms with Gasteiger partial charge in [-0.3, -0.25) is 4.79 Å². The van der Waals surface area contributed by atoms with Gasteiger partial charge in [-0.25, -0.2) is 0 Å². The first-order valence-electron chi connectivity index (χ1n) is 12.8. The summed E-state index contributed by atoms with van der Waals surface area (Å²) in [5.74, 6) is 2.83. The maximum atomic E-state index is 13.1. The van der Waals surface area contributed by atoms with Gasteiger partial charge in [-0.2, -0.15) is 0 Å². The average molecular weight is 436 g/mol. The van der Waals surface area contributed by atoms with Gasteiger partial charge >= 0.3 is 0 Å². The maximum absolute atomic E-state index is 13.1. The molecular formula is C29H41NO2. The van der Waals surface area contributed by atoms with E-state index in [0.717, 1.165) is 32.1 Å². The van der Waals surface area contributed by atoms with E-state index in [9.17, 15) is 9.90 Å². The summed E-state index contributed by atoms with van der Waals surface area (Å²) in [7, 11) is 4.16. The molecule has 0 aliphatic heterocycles. The largest absolute Gasteiger partial charge is 0.393 e. The Morgan fingerprint density at radius 1 is 1.06 bits per heavy atom. The van der Waals surface area contributed by atoms with E-state index in [2.05, 4.69) is 63.2 Å². The molecule has 0 amide bonds. The molecule has 1 aromatic carbocycles. The summed E-state index contributed by atoms with van der Waals surface area (Å²) in [6.45, 7) is 6.77. The van der Waals surface area contributed by atoms with Crippen molar-refractivity contribution in [2.24, 2.45) is 34.5 Å². The first-order chi connectivity index (χ1) is 15.1. The number of Topliss-reactive ketones (excluding diaryl/α,β-unsaturated/α-hetero) is 1. The van der Waals surface area contributed by atoms with E-state index < -0.39 is 0 Å². The molecule has 0 heterocycles. The standard InChI is InChI=1S/C29H41NO2/c1-18(31)27-24(19-6-9-21(10-7-19)30(4)5)17-26-23-11-8-20-16-22(32)12-14-28(20,2)25(23)13-15-29(26,27)3/h6-10,22-27,32H,11-17H2,1-5H3/t22-,23-,24-,25-,26-,27-,28-,29-/m0/s1. The number of anilines is 1. The Morgan fingerprint density at radius 3 is 2.44 bits per heavy atom. The van der Waals surface area contributed by atoms with Crippen LogP contribution in [0.1, 0.15) is 77.2 Å². The molecular weight excluding hydrogens is 394 g/mol. The molecule has 174 valence electrons. The monoisotopic (exact) mass is 435 g/mol. The lowest BCUT2D eigenvalue weighted by Gasteiger charge is -2.57. The molecule has 3 fully saturated rings. The van der Waals surface area contributed by atoms with Crippen LogP contribution in [-0.2, 0) is 4.79 Å². The molecule has 0 radical (unpaired) electrons. The molecule has 3 nitrogen and oxygen atoms in total. The quantitative estimate of drug-likeness (QED) is 0.594. The van der Waals surface area contributed by atoms with Gasteiger partial charge in [0.1, 0.15) is 5.78 Å². The van der Waals surface area contributed by atoms with Gasteiger partial charge in [-0.1, -0.05) is 37.6 Å². The van der Waals surface area contributed by atoms with Crippen molar-refractivity contribution in [1.29, 1.82) is 0 Å². The fourth-order valence-corrected chi connectivity index (χ4v) is 8.78. The molecule has 0 spiro atoms. The van der Waals surface area contributed by atoms with Crippen LogP contribution in [0.15, 0.2) is 35.9 Å². The lowest BCUT2D eigenvalue weighted by molar-refractivity contribution is -0.128. The molecule has 0 saturated heterocycles. The highest BCUT2D eigenvalue weighted by molar-refractivity contribution is 5.81. The van der Waals surface area contributed by atoms with Crippen LogP contribution in [0.5, 0.6) is 0 Å². The molecule has 3 saturated carbocycles. The fourth-order valence-electron chi connectivity index (χ4n) is 8.78. The number of carbonyl (C=O) groups is 1. The van der Waals surface area contributed by atoms with Crippen molar-refractivity contribution in [3.63, 3.8) is 0 Å². The number of rotatable bonds is 3. The second kappa shape index (κ2) is 7.72. The predicted octanol–water partition coefficient (Wildman–Crippen LogP) is 5.98. The Morgan fingerprint density at radius 2 is 1.78 bits per heavy atom. The summed E-state index contributed by atoms with van der Waals surface area (Å²) in [5, 5.41) is 10.3. The Bertz CT molecular complexity index is 918. The van der Waals surface area contributed by atoms with Crippen LogP contribution in [0, 0.1) is 34.5 Å². The summed E-state index contributed by atoms with van der Waals surface area (Å²) >= 11 is 0. The molecule has 4 aliphatic rings. The zero-order valence-corrected chi connectivity index (χ0v) is 20.6. The smallest absolute Gasteiger partial charge is 0.134 e. The van der Waals surface area contributed by atoms with E-state index in [1.54, 1.807) is 0 Å². The normalized spacial score (nSPS) is 43.0. The Labute approximate surface area is 194 Å². The molecule has 5 rings (SSSR count). The van der Waals surface area contributed by atoms with Gasteiger partial charge in [0.15, 0.2) is 0 Å². The number of hydrogen-bond donors (Lipinski definition) is 1. The molecule has 1 aromatic rings. The fraction of sp³-hybridized carbons (Fsp3) is 0.690. The first kappa shape index (κ1) is 22.2. The van der Waals surface area contributed by atoms with Gasteiger partial charge in [0, 0.05) is 25.7 Å². The lowest BCUT2D eigenvalue weighted by atomic mass is 9.47. The minimum Gasteiger partial charge on any atom is -0.393 e. The number of carbonyl (C=O) groups excluding carboxylic acids is 1. The van der Waals surface area contributed by atoms with Gasteiger partial charge in [0.25, 0.3) is 0 Å². The maximum Gasteiger partial charge on any atom is 0.134 e. The number of aliphatic hydroxyl groups excluding tert-OH is 1. The Hall–Kier alpha value is -1.61. The molecule has 8 atom stereocenters. The number of hydrogen-bond acceptors (Lipinski definition) is 3. The third kappa shape index (κ3) is 3.22. The van der Waals surface area contributed by atoms with Crippen molar-refractivity contribution in [3.05, 3.63) is 41.5 Å². The SMILES string of the molecule is CC(=O)[C@H]1[C@H](c2ccc(N(C)C)cc2)C[C@H]2[C@H]3CC=C4C[C@@H](O)CC[C@]4(C)[C@H]3CC[C@@]21C. The highest BCUT2D eigenvalue weighted by Crippen LogP contribution is 2.68. The van der Waals surface area contributed by atoms with E-state index in [1.165, 1.54) is 29.7 Å². The van der Waals surface area contributed by atoms with Gasteiger partial charge in [0.05, 0.1) is 6.10 Å². The van der Waals surface area contributed by atoms with E-state index >= 15 is 0 Å². The molecule has 0 bridgehead atoms. The summed E-state index contributed by atoms with van der Waals surface area (Å²) < 4.78 is 0. The second-order valence-corrected chi connectivity index (χ2v) is 12.1. The molecule has 4 aliphatic carbocycles.